The molecule has 4 heteroatoms. The van der Waals surface area contributed by atoms with Crippen molar-refractivity contribution in [2.75, 3.05) is 13.2 Å². The Bertz CT molecular complexity index is 311. The van der Waals surface area contributed by atoms with Crippen LogP contribution in [0.2, 0.25) is 0 Å². The molecule has 1 aromatic heterocycles. The molecule has 0 aliphatic carbocycles. The second-order valence-electron chi connectivity index (χ2n) is 5.10. The highest BCUT2D eigenvalue weighted by Crippen LogP contribution is 2.17. The molecule has 2 N–H and O–H groups in total. The Morgan fingerprint density at radius 3 is 3.28 bits per heavy atom. The van der Waals surface area contributed by atoms with Gasteiger partial charge in [0.05, 0.1) is 6.10 Å². The van der Waals surface area contributed by atoms with Crippen LogP contribution in [0.15, 0.2) is 12.4 Å². The molecule has 2 heterocycles. The van der Waals surface area contributed by atoms with E-state index >= 15 is 0 Å². The highest BCUT2D eigenvalue weighted by Gasteiger charge is 2.21. The largest absolute Gasteiger partial charge is 0.378 e. The lowest BCUT2D eigenvalue weighted by atomic mass is 10.00. The van der Waals surface area contributed by atoms with Gasteiger partial charge in [0.15, 0.2) is 0 Å². The third-order valence-corrected chi connectivity index (χ3v) is 3.56. The van der Waals surface area contributed by atoms with Crippen LogP contribution >= 0.6 is 0 Å². The molecular weight excluding hydrogens is 226 g/mol. The zero-order valence-corrected chi connectivity index (χ0v) is 11.3. The van der Waals surface area contributed by atoms with Crippen molar-refractivity contribution in [1.29, 1.82) is 0 Å². The van der Waals surface area contributed by atoms with Gasteiger partial charge < -0.3 is 15.0 Å². The van der Waals surface area contributed by atoms with E-state index in [-0.39, 0.29) is 0 Å². The summed E-state index contributed by atoms with van der Waals surface area (Å²) in [6.07, 6.45) is 11.1. The average molecular weight is 251 g/mol. The summed E-state index contributed by atoms with van der Waals surface area (Å²) in [5.74, 6) is 1.09. The molecule has 0 spiro atoms. The molecule has 4 nitrogen and oxygen atoms in total. The van der Waals surface area contributed by atoms with Gasteiger partial charge in [-0.2, -0.15) is 0 Å². The molecule has 1 aliphatic rings. The fraction of sp³-hybridized carbons (Fsp3) is 0.786. The standard InChI is InChI=1S/C14H25N3O/c1-2-4-13-11-12(6-10-18-13)15-7-3-5-14-16-8-9-17-14/h8-9,12-13,15H,2-7,10-11H2,1H3,(H,16,17). The molecule has 0 aromatic carbocycles. The summed E-state index contributed by atoms with van der Waals surface area (Å²) in [6.45, 7) is 4.22. The van der Waals surface area contributed by atoms with E-state index < -0.39 is 0 Å². The van der Waals surface area contributed by atoms with Gasteiger partial charge in [0.1, 0.15) is 5.82 Å². The summed E-state index contributed by atoms with van der Waals surface area (Å²) in [5, 5.41) is 3.65. The number of hydrogen-bond donors (Lipinski definition) is 2. The molecule has 1 saturated heterocycles. The first-order valence-corrected chi connectivity index (χ1v) is 7.21. The van der Waals surface area contributed by atoms with Crippen LogP contribution in [0.4, 0.5) is 0 Å². The normalized spacial score (nSPS) is 24.3. The topological polar surface area (TPSA) is 49.9 Å². The average Bonchev–Trinajstić information content (AvgIpc) is 2.89. The predicted octanol–water partition coefficient (Wildman–Crippen LogP) is 2.28. The first kappa shape index (κ1) is 13.6. The SMILES string of the molecule is CCCC1CC(NCCCc2ncc[nH]2)CCO1. The zero-order chi connectivity index (χ0) is 12.6. The Labute approximate surface area is 110 Å². The number of hydrogen-bond acceptors (Lipinski definition) is 3. The lowest BCUT2D eigenvalue weighted by Crippen LogP contribution is -2.39. The van der Waals surface area contributed by atoms with Gasteiger partial charge in [0.25, 0.3) is 0 Å². The molecule has 0 amide bonds. The highest BCUT2D eigenvalue weighted by atomic mass is 16.5. The molecule has 18 heavy (non-hydrogen) atoms. The van der Waals surface area contributed by atoms with Gasteiger partial charge in [0, 0.05) is 31.5 Å². The van der Waals surface area contributed by atoms with Crippen molar-refractivity contribution in [2.45, 2.75) is 57.6 Å². The smallest absolute Gasteiger partial charge is 0.106 e. The molecule has 1 aliphatic heterocycles. The minimum Gasteiger partial charge on any atom is -0.378 e. The first-order chi connectivity index (χ1) is 8.88. The molecule has 0 bridgehead atoms. The molecule has 2 rings (SSSR count). The van der Waals surface area contributed by atoms with Gasteiger partial charge in [-0.15, -0.1) is 0 Å². The maximum absolute atomic E-state index is 5.76. The number of ether oxygens (including phenoxy) is 1. The van der Waals surface area contributed by atoms with Gasteiger partial charge in [-0.25, -0.2) is 4.98 Å². The first-order valence-electron chi connectivity index (χ1n) is 7.21. The Hall–Kier alpha value is -0.870. The van der Waals surface area contributed by atoms with Crippen LogP contribution in [-0.2, 0) is 11.2 Å². The van der Waals surface area contributed by atoms with Crippen LogP contribution in [0.25, 0.3) is 0 Å². The van der Waals surface area contributed by atoms with E-state index in [9.17, 15) is 0 Å². The Kier molecular flexibility index (Phi) is 5.68. The fourth-order valence-electron chi connectivity index (χ4n) is 2.59. The van der Waals surface area contributed by atoms with E-state index in [2.05, 4.69) is 22.2 Å². The summed E-state index contributed by atoms with van der Waals surface area (Å²) >= 11 is 0. The van der Waals surface area contributed by atoms with Gasteiger partial charge in [-0.3, -0.25) is 0 Å². The fourth-order valence-corrected chi connectivity index (χ4v) is 2.59. The maximum Gasteiger partial charge on any atom is 0.106 e. The van der Waals surface area contributed by atoms with Crippen LogP contribution in [0.3, 0.4) is 0 Å². The van der Waals surface area contributed by atoms with Crippen LogP contribution in [0, 0.1) is 0 Å². The summed E-state index contributed by atoms with van der Waals surface area (Å²) in [4.78, 5) is 7.37. The van der Waals surface area contributed by atoms with E-state index in [1.54, 1.807) is 0 Å². The maximum atomic E-state index is 5.76. The van der Waals surface area contributed by atoms with Gasteiger partial charge >= 0.3 is 0 Å². The molecule has 102 valence electrons. The van der Waals surface area contributed by atoms with Crippen molar-refractivity contribution in [3.8, 4) is 0 Å². The van der Waals surface area contributed by atoms with Crippen molar-refractivity contribution in [3.05, 3.63) is 18.2 Å². The number of nitrogens with zero attached hydrogens (tertiary/aromatic N) is 1. The van der Waals surface area contributed by atoms with Crippen molar-refractivity contribution < 1.29 is 4.74 Å². The van der Waals surface area contributed by atoms with E-state index in [0.29, 0.717) is 12.1 Å². The van der Waals surface area contributed by atoms with Crippen LogP contribution < -0.4 is 5.32 Å². The number of aromatic nitrogens is 2. The quantitative estimate of drug-likeness (QED) is 0.731. The van der Waals surface area contributed by atoms with E-state index in [1.807, 2.05) is 12.4 Å². The third-order valence-electron chi connectivity index (χ3n) is 3.56. The summed E-state index contributed by atoms with van der Waals surface area (Å²) in [7, 11) is 0. The van der Waals surface area contributed by atoms with Crippen LogP contribution in [-0.4, -0.2) is 35.3 Å². The Morgan fingerprint density at radius 2 is 2.50 bits per heavy atom. The number of rotatable bonds is 7. The molecule has 2 unspecified atom stereocenters. The van der Waals surface area contributed by atoms with E-state index in [0.717, 1.165) is 38.2 Å². The van der Waals surface area contributed by atoms with Gasteiger partial charge in [0.2, 0.25) is 0 Å². The molecule has 2 atom stereocenters. The van der Waals surface area contributed by atoms with Crippen molar-refractivity contribution in [3.63, 3.8) is 0 Å². The molecular formula is C14H25N3O. The molecule has 1 aromatic rings. The van der Waals surface area contributed by atoms with Crippen molar-refractivity contribution >= 4 is 0 Å². The molecule has 1 fully saturated rings. The molecule has 0 saturated carbocycles. The van der Waals surface area contributed by atoms with E-state index in [4.69, 9.17) is 4.74 Å². The third kappa shape index (κ3) is 4.42. The van der Waals surface area contributed by atoms with Crippen LogP contribution in [0.5, 0.6) is 0 Å². The number of imidazole rings is 1. The lowest BCUT2D eigenvalue weighted by Gasteiger charge is -2.30. The number of H-pyrrole nitrogens is 1. The minimum absolute atomic E-state index is 0.478. The van der Waals surface area contributed by atoms with Gasteiger partial charge in [-0.05, 0) is 32.2 Å². The Morgan fingerprint density at radius 1 is 1.56 bits per heavy atom. The second-order valence-corrected chi connectivity index (χ2v) is 5.10. The predicted molar refractivity (Wildman–Crippen MR) is 72.6 cm³/mol. The minimum atomic E-state index is 0.478. The zero-order valence-electron chi connectivity index (χ0n) is 11.3. The summed E-state index contributed by atoms with van der Waals surface area (Å²) in [5.41, 5.74) is 0. The van der Waals surface area contributed by atoms with Gasteiger partial charge in [-0.1, -0.05) is 13.3 Å². The monoisotopic (exact) mass is 251 g/mol. The number of nitrogens with one attached hydrogen (secondary N) is 2. The Balaban J connectivity index is 1.58. The number of aromatic amines is 1. The van der Waals surface area contributed by atoms with E-state index in [1.165, 1.54) is 19.3 Å². The summed E-state index contributed by atoms with van der Waals surface area (Å²) < 4.78 is 5.76. The highest BCUT2D eigenvalue weighted by molar-refractivity contribution is 4.87. The van der Waals surface area contributed by atoms with Crippen LogP contribution in [0.1, 0.15) is 44.9 Å². The number of aryl methyl sites for hydroxylation is 1. The molecule has 0 radical (unpaired) electrons. The lowest BCUT2D eigenvalue weighted by molar-refractivity contribution is -0.00309. The van der Waals surface area contributed by atoms with Crippen molar-refractivity contribution in [2.24, 2.45) is 0 Å². The summed E-state index contributed by atoms with van der Waals surface area (Å²) in [6, 6.07) is 0.645. The second kappa shape index (κ2) is 7.54. The van der Waals surface area contributed by atoms with Crippen molar-refractivity contribution in [1.82, 2.24) is 15.3 Å².